The normalized spacial score (nSPS) is 12.0. The van der Waals surface area contributed by atoms with E-state index in [-0.39, 0.29) is 17.6 Å². The van der Waals surface area contributed by atoms with E-state index in [1.807, 2.05) is 0 Å². The standard InChI is InChI=1S/C13H6F6N4/c14-12(15,16)7-1-6(2-8(3-7)13(17,18)19)10-5-22-11(21)9(4-20)23-10/h1-3,5H,(H2,21,22). The molecular weight excluding hydrogens is 326 g/mol. The summed E-state index contributed by atoms with van der Waals surface area (Å²) in [5, 5.41) is 8.76. The lowest BCUT2D eigenvalue weighted by Crippen LogP contribution is -2.11. The Hall–Kier alpha value is -2.83. The molecule has 10 heteroatoms. The minimum atomic E-state index is -4.98. The highest BCUT2D eigenvalue weighted by molar-refractivity contribution is 5.63. The molecule has 0 saturated heterocycles. The van der Waals surface area contributed by atoms with Crippen LogP contribution < -0.4 is 5.73 Å². The SMILES string of the molecule is N#Cc1nc(-c2cc(C(F)(F)F)cc(C(F)(F)F)c2)cnc1N. The summed E-state index contributed by atoms with van der Waals surface area (Å²) in [4.78, 5) is 7.16. The van der Waals surface area contributed by atoms with Crippen LogP contribution in [0.1, 0.15) is 16.8 Å². The number of halogens is 6. The Labute approximate surface area is 125 Å². The van der Waals surface area contributed by atoms with Crippen LogP contribution in [0.25, 0.3) is 11.3 Å². The Bertz CT molecular complexity index is 756. The van der Waals surface area contributed by atoms with Crippen LogP contribution in [0.2, 0.25) is 0 Å². The number of anilines is 1. The van der Waals surface area contributed by atoms with E-state index in [1.54, 1.807) is 6.07 Å². The smallest absolute Gasteiger partial charge is 0.381 e. The summed E-state index contributed by atoms with van der Waals surface area (Å²) in [6.45, 7) is 0. The molecule has 0 amide bonds. The van der Waals surface area contributed by atoms with Gasteiger partial charge in [0.1, 0.15) is 6.07 Å². The maximum absolute atomic E-state index is 12.8. The van der Waals surface area contributed by atoms with E-state index in [9.17, 15) is 26.3 Å². The molecule has 0 unspecified atom stereocenters. The van der Waals surface area contributed by atoms with Gasteiger partial charge in [-0.2, -0.15) is 31.6 Å². The molecule has 0 saturated carbocycles. The number of alkyl halides is 6. The molecule has 4 nitrogen and oxygen atoms in total. The van der Waals surface area contributed by atoms with E-state index < -0.39 is 34.7 Å². The molecule has 1 aromatic heterocycles. The second kappa shape index (κ2) is 5.42. The molecule has 1 aromatic carbocycles. The van der Waals surface area contributed by atoms with Crippen molar-refractivity contribution in [2.24, 2.45) is 0 Å². The Morgan fingerprint density at radius 3 is 1.91 bits per heavy atom. The van der Waals surface area contributed by atoms with Gasteiger partial charge in [-0.3, -0.25) is 0 Å². The summed E-state index contributed by atoms with van der Waals surface area (Å²) in [6.07, 6.45) is -9.06. The second-order valence-corrected chi connectivity index (χ2v) is 4.40. The molecule has 0 aliphatic rings. The molecule has 2 rings (SSSR count). The van der Waals surface area contributed by atoms with Gasteiger partial charge in [-0.15, -0.1) is 0 Å². The minimum Gasteiger partial charge on any atom is -0.381 e. The lowest BCUT2D eigenvalue weighted by molar-refractivity contribution is -0.143. The molecular formula is C13H6F6N4. The van der Waals surface area contributed by atoms with Crippen molar-refractivity contribution >= 4 is 5.82 Å². The van der Waals surface area contributed by atoms with Gasteiger partial charge in [0.05, 0.1) is 23.0 Å². The van der Waals surface area contributed by atoms with Crippen LogP contribution in [0.5, 0.6) is 0 Å². The molecule has 0 aliphatic carbocycles. The van der Waals surface area contributed by atoms with Crippen molar-refractivity contribution in [3.63, 3.8) is 0 Å². The third-order valence-corrected chi connectivity index (χ3v) is 2.79. The second-order valence-electron chi connectivity index (χ2n) is 4.40. The number of nitrogen functional groups attached to an aromatic ring is 1. The highest BCUT2D eigenvalue weighted by Gasteiger charge is 2.37. The highest BCUT2D eigenvalue weighted by atomic mass is 19.4. The van der Waals surface area contributed by atoms with E-state index >= 15 is 0 Å². The maximum Gasteiger partial charge on any atom is 0.416 e. The third-order valence-electron chi connectivity index (χ3n) is 2.79. The third kappa shape index (κ3) is 3.50. The monoisotopic (exact) mass is 332 g/mol. The van der Waals surface area contributed by atoms with Crippen molar-refractivity contribution in [2.45, 2.75) is 12.4 Å². The van der Waals surface area contributed by atoms with Gasteiger partial charge in [0, 0.05) is 5.56 Å². The number of hydrogen-bond donors (Lipinski definition) is 1. The van der Waals surface area contributed by atoms with Gasteiger partial charge in [0.2, 0.25) is 0 Å². The van der Waals surface area contributed by atoms with Crippen molar-refractivity contribution < 1.29 is 26.3 Å². The van der Waals surface area contributed by atoms with Crippen LogP contribution in [0, 0.1) is 11.3 Å². The fraction of sp³-hybridized carbons (Fsp3) is 0.154. The molecule has 23 heavy (non-hydrogen) atoms. The number of benzene rings is 1. The first-order chi connectivity index (χ1) is 10.5. The van der Waals surface area contributed by atoms with Crippen molar-refractivity contribution in [3.05, 3.63) is 41.2 Å². The van der Waals surface area contributed by atoms with Gasteiger partial charge in [-0.1, -0.05) is 0 Å². The quantitative estimate of drug-likeness (QED) is 0.809. The molecule has 0 aliphatic heterocycles. The topological polar surface area (TPSA) is 75.6 Å². The largest absolute Gasteiger partial charge is 0.416 e. The Balaban J connectivity index is 2.70. The van der Waals surface area contributed by atoms with Crippen molar-refractivity contribution in [1.29, 1.82) is 5.26 Å². The van der Waals surface area contributed by atoms with Crippen LogP contribution in [0.15, 0.2) is 24.4 Å². The number of nitrogens with two attached hydrogens (primary N) is 1. The van der Waals surface area contributed by atoms with Crippen LogP contribution >= 0.6 is 0 Å². The average Bonchev–Trinajstić information content (AvgIpc) is 2.45. The zero-order chi connectivity index (χ0) is 17.4. The predicted molar refractivity (Wildman–Crippen MR) is 66.6 cm³/mol. The first-order valence-electron chi connectivity index (χ1n) is 5.85. The molecule has 0 bridgehead atoms. The van der Waals surface area contributed by atoms with E-state index in [2.05, 4.69) is 9.97 Å². The zero-order valence-electron chi connectivity index (χ0n) is 11.0. The first-order valence-corrected chi connectivity index (χ1v) is 5.85. The van der Waals surface area contributed by atoms with E-state index in [0.29, 0.717) is 12.1 Å². The molecule has 2 N–H and O–H groups in total. The molecule has 2 aromatic rings. The molecule has 1 heterocycles. The van der Waals surface area contributed by atoms with E-state index in [1.165, 1.54) is 0 Å². The van der Waals surface area contributed by atoms with Crippen LogP contribution in [0.4, 0.5) is 32.2 Å². The molecule has 0 atom stereocenters. The Kier molecular flexibility index (Phi) is 3.90. The van der Waals surface area contributed by atoms with Gasteiger partial charge in [-0.25, -0.2) is 9.97 Å². The fourth-order valence-electron chi connectivity index (χ4n) is 1.72. The number of hydrogen-bond acceptors (Lipinski definition) is 4. The van der Waals surface area contributed by atoms with Crippen LogP contribution in [-0.4, -0.2) is 9.97 Å². The van der Waals surface area contributed by atoms with Gasteiger partial charge in [-0.05, 0) is 18.2 Å². The van der Waals surface area contributed by atoms with Gasteiger partial charge >= 0.3 is 12.4 Å². The predicted octanol–water partition coefficient (Wildman–Crippen LogP) is 3.64. The average molecular weight is 332 g/mol. The summed E-state index contributed by atoms with van der Waals surface area (Å²) in [7, 11) is 0. The molecule has 0 radical (unpaired) electrons. The van der Waals surface area contributed by atoms with E-state index in [0.717, 1.165) is 6.20 Å². The van der Waals surface area contributed by atoms with E-state index in [4.69, 9.17) is 11.0 Å². The number of nitrogens with zero attached hydrogens (tertiary/aromatic N) is 3. The lowest BCUT2D eigenvalue weighted by Gasteiger charge is -2.14. The minimum absolute atomic E-state index is 0.000561. The maximum atomic E-state index is 12.8. The Morgan fingerprint density at radius 2 is 1.48 bits per heavy atom. The summed E-state index contributed by atoms with van der Waals surface area (Å²) < 4.78 is 76.7. The van der Waals surface area contributed by atoms with Crippen molar-refractivity contribution in [1.82, 2.24) is 9.97 Å². The van der Waals surface area contributed by atoms with Crippen LogP contribution in [0.3, 0.4) is 0 Å². The van der Waals surface area contributed by atoms with Crippen LogP contribution in [-0.2, 0) is 12.4 Å². The summed E-state index contributed by atoms with van der Waals surface area (Å²) >= 11 is 0. The highest BCUT2D eigenvalue weighted by Crippen LogP contribution is 2.38. The summed E-state index contributed by atoms with van der Waals surface area (Å²) in [6, 6.07) is 2.54. The van der Waals surface area contributed by atoms with Crippen molar-refractivity contribution in [3.8, 4) is 17.3 Å². The number of aromatic nitrogens is 2. The zero-order valence-corrected chi connectivity index (χ0v) is 11.0. The Morgan fingerprint density at radius 1 is 0.957 bits per heavy atom. The number of rotatable bonds is 1. The molecule has 120 valence electrons. The molecule has 0 spiro atoms. The van der Waals surface area contributed by atoms with Gasteiger partial charge in [0.25, 0.3) is 0 Å². The summed E-state index contributed by atoms with van der Waals surface area (Å²) in [5.41, 5.74) is 1.15. The first kappa shape index (κ1) is 16.5. The summed E-state index contributed by atoms with van der Waals surface area (Å²) in [5.74, 6) is -0.278. The van der Waals surface area contributed by atoms with Gasteiger partial charge < -0.3 is 5.73 Å². The molecule has 0 fully saturated rings. The van der Waals surface area contributed by atoms with Gasteiger partial charge in [0.15, 0.2) is 11.5 Å². The lowest BCUT2D eigenvalue weighted by atomic mass is 10.0. The number of nitriles is 1. The van der Waals surface area contributed by atoms with Crippen molar-refractivity contribution in [2.75, 3.05) is 5.73 Å². The fourth-order valence-corrected chi connectivity index (χ4v) is 1.72.